The van der Waals surface area contributed by atoms with Crippen LogP contribution in [0.1, 0.15) is 36.5 Å². The molecule has 0 unspecified atom stereocenters. The van der Waals surface area contributed by atoms with Crippen molar-refractivity contribution >= 4 is 23.6 Å². The van der Waals surface area contributed by atoms with Gasteiger partial charge >= 0.3 is 0 Å². The number of aromatic hydroxyl groups is 1. The molecule has 1 aliphatic rings. The van der Waals surface area contributed by atoms with Crippen molar-refractivity contribution in [3.8, 4) is 5.75 Å². The van der Waals surface area contributed by atoms with Crippen LogP contribution in [0.2, 0.25) is 0 Å². The number of phenolic OH excluding ortho intramolecular Hbond substituents is 1. The number of amides is 4. The molecule has 44 heavy (non-hydrogen) atoms. The Morgan fingerprint density at radius 1 is 0.909 bits per heavy atom. The first-order chi connectivity index (χ1) is 21.2. The summed E-state index contributed by atoms with van der Waals surface area (Å²) in [5.41, 5.74) is 8.73. The summed E-state index contributed by atoms with van der Waals surface area (Å²) in [7, 11) is 0. The van der Waals surface area contributed by atoms with Crippen LogP contribution in [0.15, 0.2) is 84.9 Å². The number of rotatable bonds is 9. The maximum Gasteiger partial charge on any atom is 0.245 e. The summed E-state index contributed by atoms with van der Waals surface area (Å²) in [4.78, 5) is 56.0. The predicted molar refractivity (Wildman–Crippen MR) is 167 cm³/mol. The van der Waals surface area contributed by atoms with Crippen molar-refractivity contribution in [2.24, 2.45) is 5.73 Å². The number of hydrogen-bond acceptors (Lipinski definition) is 6. The zero-order valence-electron chi connectivity index (χ0n) is 24.9. The van der Waals surface area contributed by atoms with Crippen molar-refractivity contribution in [2.75, 3.05) is 13.1 Å². The molecule has 0 aliphatic carbocycles. The molecule has 0 bridgehead atoms. The van der Waals surface area contributed by atoms with E-state index in [9.17, 15) is 24.3 Å². The summed E-state index contributed by atoms with van der Waals surface area (Å²) in [6.45, 7) is 2.27. The van der Waals surface area contributed by atoms with Gasteiger partial charge in [-0.3, -0.25) is 19.2 Å². The van der Waals surface area contributed by atoms with Gasteiger partial charge in [-0.05, 0) is 55.0 Å². The van der Waals surface area contributed by atoms with Crippen LogP contribution < -0.4 is 21.7 Å². The monoisotopic (exact) mass is 599 g/mol. The lowest BCUT2D eigenvalue weighted by atomic mass is 9.99. The zero-order chi connectivity index (χ0) is 31.5. The third-order valence-electron chi connectivity index (χ3n) is 7.80. The van der Waals surface area contributed by atoms with E-state index < -0.39 is 36.0 Å². The standard InChI is InChI=1S/C34H41N5O5/c1-2-39-30(22-24-12-7-4-8-13-24)33(43)38-29(21-23-10-5-3-6-11-23)32(42)36-19-9-14-28(34(39)44)37-31(41)27(35)20-25-15-17-26(40)18-16-25/h3-8,10-13,15-18,27-30,40H,2,9,14,19-22,35H2,1H3,(H,36,42)(H,37,41)(H,38,43)/t27-,28+,29+,30-/m0/s1. The molecule has 3 aromatic carbocycles. The molecule has 4 rings (SSSR count). The number of nitrogens with zero attached hydrogens (tertiary/aromatic N) is 1. The number of likely N-dealkylation sites (N-methyl/N-ethyl adjacent to an activating group) is 1. The van der Waals surface area contributed by atoms with Crippen LogP contribution in [-0.2, 0) is 38.4 Å². The summed E-state index contributed by atoms with van der Waals surface area (Å²) in [5.74, 6) is -1.55. The van der Waals surface area contributed by atoms with Crippen molar-refractivity contribution in [2.45, 2.75) is 63.2 Å². The highest BCUT2D eigenvalue weighted by Crippen LogP contribution is 2.16. The van der Waals surface area contributed by atoms with Gasteiger partial charge in [0.2, 0.25) is 23.6 Å². The summed E-state index contributed by atoms with van der Waals surface area (Å²) >= 11 is 0. The van der Waals surface area contributed by atoms with E-state index in [1.165, 1.54) is 17.0 Å². The van der Waals surface area contributed by atoms with Crippen LogP contribution >= 0.6 is 0 Å². The van der Waals surface area contributed by atoms with Crippen molar-refractivity contribution in [1.82, 2.24) is 20.9 Å². The third kappa shape index (κ3) is 8.90. The van der Waals surface area contributed by atoms with Gasteiger partial charge in [-0.1, -0.05) is 72.8 Å². The number of benzene rings is 3. The molecule has 1 aliphatic heterocycles. The first-order valence-electron chi connectivity index (χ1n) is 15.1. The normalized spacial score (nSPS) is 20.5. The van der Waals surface area contributed by atoms with Gasteiger partial charge in [-0.25, -0.2) is 0 Å². The van der Waals surface area contributed by atoms with E-state index in [-0.39, 0.29) is 49.9 Å². The molecule has 3 aromatic rings. The second-order valence-corrected chi connectivity index (χ2v) is 11.1. The van der Waals surface area contributed by atoms with E-state index >= 15 is 0 Å². The first kappa shape index (κ1) is 32.2. The minimum absolute atomic E-state index is 0.109. The number of nitrogens with two attached hydrogens (primary N) is 1. The minimum Gasteiger partial charge on any atom is -0.508 e. The smallest absolute Gasteiger partial charge is 0.245 e. The van der Waals surface area contributed by atoms with E-state index in [2.05, 4.69) is 16.0 Å². The highest BCUT2D eigenvalue weighted by molar-refractivity contribution is 5.95. The van der Waals surface area contributed by atoms with E-state index in [4.69, 9.17) is 5.73 Å². The number of hydrogen-bond donors (Lipinski definition) is 5. The van der Waals surface area contributed by atoms with Gasteiger partial charge in [-0.2, -0.15) is 0 Å². The lowest BCUT2D eigenvalue weighted by molar-refractivity contribution is -0.144. The molecule has 0 saturated carbocycles. The average Bonchev–Trinajstić information content (AvgIpc) is 3.03. The zero-order valence-corrected chi connectivity index (χ0v) is 24.9. The van der Waals surface area contributed by atoms with E-state index in [0.29, 0.717) is 12.8 Å². The fourth-order valence-electron chi connectivity index (χ4n) is 5.39. The van der Waals surface area contributed by atoms with E-state index in [0.717, 1.165) is 16.7 Å². The maximum atomic E-state index is 14.1. The van der Waals surface area contributed by atoms with Crippen LogP contribution in [0.25, 0.3) is 0 Å². The van der Waals surface area contributed by atoms with Gasteiger partial charge in [0.15, 0.2) is 0 Å². The van der Waals surface area contributed by atoms with Crippen molar-refractivity contribution < 1.29 is 24.3 Å². The second-order valence-electron chi connectivity index (χ2n) is 11.1. The van der Waals surface area contributed by atoms with Gasteiger partial charge in [0.25, 0.3) is 0 Å². The minimum atomic E-state index is -0.948. The third-order valence-corrected chi connectivity index (χ3v) is 7.80. The Morgan fingerprint density at radius 3 is 2.14 bits per heavy atom. The van der Waals surface area contributed by atoms with Crippen LogP contribution in [0.5, 0.6) is 5.75 Å². The topological polar surface area (TPSA) is 154 Å². The fraction of sp³-hybridized carbons (Fsp3) is 0.353. The number of phenols is 1. The molecule has 4 amide bonds. The Balaban J connectivity index is 1.59. The number of carbonyl (C=O) groups excluding carboxylic acids is 4. The Morgan fingerprint density at radius 2 is 1.52 bits per heavy atom. The van der Waals surface area contributed by atoms with Crippen LogP contribution in [0.3, 0.4) is 0 Å². The molecule has 1 saturated heterocycles. The highest BCUT2D eigenvalue weighted by Gasteiger charge is 2.36. The molecule has 0 spiro atoms. The van der Waals surface area contributed by atoms with Crippen molar-refractivity contribution in [3.05, 3.63) is 102 Å². The molecule has 0 radical (unpaired) electrons. The summed E-state index contributed by atoms with van der Waals surface area (Å²) in [6.07, 6.45) is 1.41. The van der Waals surface area contributed by atoms with Crippen molar-refractivity contribution in [3.63, 3.8) is 0 Å². The van der Waals surface area contributed by atoms with Crippen molar-refractivity contribution in [1.29, 1.82) is 0 Å². The lowest BCUT2D eigenvalue weighted by Crippen LogP contribution is -2.60. The van der Waals surface area contributed by atoms with Gasteiger partial charge in [-0.15, -0.1) is 0 Å². The predicted octanol–water partition coefficient (Wildman–Crippen LogP) is 1.84. The fourth-order valence-corrected chi connectivity index (χ4v) is 5.39. The van der Waals surface area contributed by atoms with Gasteiger partial charge in [0.1, 0.15) is 23.9 Å². The number of nitrogens with one attached hydrogen (secondary N) is 3. The Labute approximate surface area is 258 Å². The molecule has 232 valence electrons. The Bertz CT molecular complexity index is 1400. The SMILES string of the molecule is CCN1C(=O)[C@H](NC(=O)[C@@H](N)Cc2ccc(O)cc2)CCCNC(=O)[C@@H](Cc2ccccc2)NC(=O)[C@@H]1Cc1ccccc1. The molecule has 0 aromatic heterocycles. The first-order valence-corrected chi connectivity index (χ1v) is 15.1. The molecular formula is C34H41N5O5. The second kappa shape index (κ2) is 15.7. The molecule has 1 heterocycles. The molecule has 10 heteroatoms. The Kier molecular flexibility index (Phi) is 11.5. The van der Waals surface area contributed by atoms with Crippen LogP contribution in [0, 0.1) is 0 Å². The Hall–Kier alpha value is -4.70. The quantitative estimate of drug-likeness (QED) is 0.253. The molecule has 6 N–H and O–H groups in total. The highest BCUT2D eigenvalue weighted by atomic mass is 16.3. The molecular weight excluding hydrogens is 558 g/mol. The van der Waals surface area contributed by atoms with Gasteiger partial charge < -0.3 is 31.7 Å². The lowest BCUT2D eigenvalue weighted by Gasteiger charge is -2.35. The van der Waals surface area contributed by atoms with Gasteiger partial charge in [0, 0.05) is 25.9 Å². The molecule has 4 atom stereocenters. The summed E-state index contributed by atoms with van der Waals surface area (Å²) < 4.78 is 0. The van der Waals surface area contributed by atoms with Gasteiger partial charge in [0.05, 0.1) is 6.04 Å². The number of carbonyl (C=O) groups is 4. The largest absolute Gasteiger partial charge is 0.508 e. The molecule has 10 nitrogen and oxygen atoms in total. The average molecular weight is 600 g/mol. The molecule has 1 fully saturated rings. The van der Waals surface area contributed by atoms with Crippen LogP contribution in [0.4, 0.5) is 0 Å². The van der Waals surface area contributed by atoms with Crippen LogP contribution in [-0.4, -0.2) is 70.9 Å². The maximum absolute atomic E-state index is 14.1. The summed E-state index contributed by atoms with van der Waals surface area (Å²) in [6, 6.07) is 21.6. The summed E-state index contributed by atoms with van der Waals surface area (Å²) in [5, 5.41) is 18.2. The van der Waals surface area contributed by atoms with E-state index in [1.807, 2.05) is 60.7 Å². The van der Waals surface area contributed by atoms with E-state index in [1.54, 1.807) is 19.1 Å².